The number of benzene rings is 1. The molecule has 3 nitrogen and oxygen atoms in total. The summed E-state index contributed by atoms with van der Waals surface area (Å²) in [6, 6.07) is 7.31. The topological polar surface area (TPSA) is 40.5 Å². The highest BCUT2D eigenvalue weighted by Crippen LogP contribution is 2.15. The Labute approximate surface area is 111 Å². The SMILES string of the molecule is O=C(c1ccccc1C#CCO)N1CCSCC1. The zero-order valence-electron chi connectivity index (χ0n) is 10.1. The minimum absolute atomic E-state index is 0.0399. The molecule has 0 aromatic heterocycles. The third-order valence-electron chi connectivity index (χ3n) is 2.76. The largest absolute Gasteiger partial charge is 0.384 e. The molecule has 1 aliphatic heterocycles. The van der Waals surface area contributed by atoms with Crippen molar-refractivity contribution in [2.75, 3.05) is 31.2 Å². The van der Waals surface area contributed by atoms with Gasteiger partial charge < -0.3 is 10.0 Å². The molecule has 1 N–H and O–H groups in total. The zero-order chi connectivity index (χ0) is 12.8. The zero-order valence-corrected chi connectivity index (χ0v) is 10.9. The molecule has 1 aliphatic rings. The van der Waals surface area contributed by atoms with Crippen molar-refractivity contribution in [3.05, 3.63) is 35.4 Å². The number of amides is 1. The van der Waals surface area contributed by atoms with Crippen LogP contribution >= 0.6 is 11.8 Å². The van der Waals surface area contributed by atoms with Crippen LogP contribution < -0.4 is 0 Å². The summed E-state index contributed by atoms with van der Waals surface area (Å²) >= 11 is 1.87. The summed E-state index contributed by atoms with van der Waals surface area (Å²) in [5, 5.41) is 8.73. The first-order valence-corrected chi connectivity index (χ1v) is 7.04. The van der Waals surface area contributed by atoms with Crippen molar-refractivity contribution < 1.29 is 9.90 Å². The monoisotopic (exact) mass is 261 g/mol. The van der Waals surface area contributed by atoms with Crippen LogP contribution in [0.5, 0.6) is 0 Å². The van der Waals surface area contributed by atoms with Crippen molar-refractivity contribution in [3.8, 4) is 11.8 Å². The first-order valence-electron chi connectivity index (χ1n) is 5.88. The third-order valence-corrected chi connectivity index (χ3v) is 3.70. The van der Waals surface area contributed by atoms with Crippen LogP contribution in [0, 0.1) is 11.8 Å². The highest BCUT2D eigenvalue weighted by Gasteiger charge is 2.19. The molecule has 0 aliphatic carbocycles. The van der Waals surface area contributed by atoms with E-state index in [9.17, 15) is 4.79 Å². The Kier molecular flexibility index (Phi) is 4.68. The number of thioether (sulfide) groups is 1. The predicted molar refractivity (Wildman–Crippen MR) is 73.6 cm³/mol. The Hall–Kier alpha value is -1.44. The van der Waals surface area contributed by atoms with Crippen molar-refractivity contribution in [1.29, 1.82) is 0 Å². The Bertz CT molecular complexity index is 484. The third kappa shape index (κ3) is 3.06. The minimum Gasteiger partial charge on any atom is -0.384 e. The molecule has 94 valence electrons. The molecule has 18 heavy (non-hydrogen) atoms. The summed E-state index contributed by atoms with van der Waals surface area (Å²) in [6.45, 7) is 1.40. The molecule has 1 aromatic rings. The van der Waals surface area contributed by atoms with E-state index >= 15 is 0 Å². The van der Waals surface area contributed by atoms with Gasteiger partial charge in [-0.15, -0.1) is 0 Å². The maximum Gasteiger partial charge on any atom is 0.255 e. The van der Waals surface area contributed by atoms with E-state index in [0.29, 0.717) is 11.1 Å². The second-order valence-corrected chi connectivity index (χ2v) is 5.13. The molecular weight excluding hydrogens is 246 g/mol. The molecule has 0 spiro atoms. The van der Waals surface area contributed by atoms with Crippen LogP contribution in [0.4, 0.5) is 0 Å². The molecule has 0 unspecified atom stereocenters. The van der Waals surface area contributed by atoms with E-state index in [1.54, 1.807) is 6.07 Å². The lowest BCUT2D eigenvalue weighted by molar-refractivity contribution is 0.0772. The fraction of sp³-hybridized carbons (Fsp3) is 0.357. The number of aliphatic hydroxyl groups excluding tert-OH is 1. The van der Waals surface area contributed by atoms with Gasteiger partial charge in [-0.25, -0.2) is 0 Å². The maximum absolute atomic E-state index is 12.4. The summed E-state index contributed by atoms with van der Waals surface area (Å²) in [6.07, 6.45) is 0. The fourth-order valence-corrected chi connectivity index (χ4v) is 2.75. The van der Waals surface area contributed by atoms with Crippen molar-refractivity contribution >= 4 is 17.7 Å². The molecule has 2 rings (SSSR count). The van der Waals surface area contributed by atoms with Crippen LogP contribution in [-0.4, -0.2) is 47.1 Å². The van der Waals surface area contributed by atoms with Crippen LogP contribution in [-0.2, 0) is 0 Å². The molecule has 1 heterocycles. The number of carbonyl (C=O) groups is 1. The molecule has 0 radical (unpaired) electrons. The van der Waals surface area contributed by atoms with E-state index < -0.39 is 0 Å². The standard InChI is InChI=1S/C14H15NO2S/c16-9-3-5-12-4-1-2-6-13(12)14(17)15-7-10-18-11-8-15/h1-2,4,6,16H,7-11H2. The van der Waals surface area contributed by atoms with Gasteiger partial charge in [0.2, 0.25) is 0 Å². The van der Waals surface area contributed by atoms with Gasteiger partial charge in [-0.05, 0) is 12.1 Å². The lowest BCUT2D eigenvalue weighted by Crippen LogP contribution is -2.38. The van der Waals surface area contributed by atoms with Gasteiger partial charge >= 0.3 is 0 Å². The van der Waals surface area contributed by atoms with Crippen LogP contribution in [0.3, 0.4) is 0 Å². The molecule has 0 atom stereocenters. The molecule has 0 saturated carbocycles. The van der Waals surface area contributed by atoms with Crippen molar-refractivity contribution in [1.82, 2.24) is 4.90 Å². The molecular formula is C14H15NO2S. The van der Waals surface area contributed by atoms with Gasteiger partial charge in [-0.1, -0.05) is 24.0 Å². The average Bonchev–Trinajstić information content (AvgIpc) is 2.45. The van der Waals surface area contributed by atoms with Crippen LogP contribution in [0.1, 0.15) is 15.9 Å². The number of hydrogen-bond donors (Lipinski definition) is 1. The van der Waals surface area contributed by atoms with Crippen molar-refractivity contribution in [3.63, 3.8) is 0 Å². The van der Waals surface area contributed by atoms with Crippen molar-refractivity contribution in [2.45, 2.75) is 0 Å². The summed E-state index contributed by atoms with van der Waals surface area (Å²) in [4.78, 5) is 14.2. The summed E-state index contributed by atoms with van der Waals surface area (Å²) in [5.41, 5.74) is 1.32. The number of aliphatic hydroxyl groups is 1. The smallest absolute Gasteiger partial charge is 0.255 e. The van der Waals surface area contributed by atoms with E-state index in [4.69, 9.17) is 5.11 Å². The molecule has 1 aromatic carbocycles. The lowest BCUT2D eigenvalue weighted by Gasteiger charge is -2.26. The van der Waals surface area contributed by atoms with Gasteiger partial charge in [0.1, 0.15) is 6.61 Å². The van der Waals surface area contributed by atoms with Gasteiger partial charge in [-0.2, -0.15) is 11.8 Å². The minimum atomic E-state index is -0.192. The van der Waals surface area contributed by atoms with E-state index in [2.05, 4.69) is 11.8 Å². The Morgan fingerprint density at radius 3 is 2.78 bits per heavy atom. The van der Waals surface area contributed by atoms with Crippen LogP contribution in [0.15, 0.2) is 24.3 Å². The first kappa shape index (κ1) is 13.0. The Balaban J connectivity index is 2.23. The second kappa shape index (κ2) is 6.48. The Morgan fingerprint density at radius 2 is 2.06 bits per heavy atom. The fourth-order valence-electron chi connectivity index (χ4n) is 1.85. The molecule has 1 amide bonds. The Morgan fingerprint density at radius 1 is 1.33 bits per heavy atom. The van der Waals surface area contributed by atoms with Gasteiger partial charge in [0, 0.05) is 30.2 Å². The van der Waals surface area contributed by atoms with Crippen LogP contribution in [0.25, 0.3) is 0 Å². The van der Waals surface area contributed by atoms with Crippen LogP contribution in [0.2, 0.25) is 0 Å². The second-order valence-electron chi connectivity index (χ2n) is 3.91. The predicted octanol–water partition coefficient (Wildman–Crippen LogP) is 1.22. The number of carbonyl (C=O) groups excluding carboxylic acids is 1. The highest BCUT2D eigenvalue weighted by molar-refractivity contribution is 7.99. The number of rotatable bonds is 1. The van der Waals surface area contributed by atoms with Gasteiger partial charge in [0.25, 0.3) is 5.91 Å². The molecule has 1 fully saturated rings. The molecule has 4 heteroatoms. The van der Waals surface area contributed by atoms with E-state index in [1.807, 2.05) is 34.9 Å². The summed E-state index contributed by atoms with van der Waals surface area (Å²) in [7, 11) is 0. The quantitative estimate of drug-likeness (QED) is 0.773. The van der Waals surface area contributed by atoms with Crippen molar-refractivity contribution in [2.24, 2.45) is 0 Å². The number of hydrogen-bond acceptors (Lipinski definition) is 3. The van der Waals surface area contributed by atoms with Gasteiger partial charge in [-0.3, -0.25) is 4.79 Å². The normalized spacial score (nSPS) is 14.8. The van der Waals surface area contributed by atoms with E-state index in [1.165, 1.54) is 0 Å². The lowest BCUT2D eigenvalue weighted by atomic mass is 10.1. The maximum atomic E-state index is 12.4. The van der Waals surface area contributed by atoms with E-state index in [-0.39, 0.29) is 12.5 Å². The molecule has 0 bridgehead atoms. The van der Waals surface area contributed by atoms with Gasteiger partial charge in [0.05, 0.1) is 5.56 Å². The summed E-state index contributed by atoms with van der Waals surface area (Å²) in [5.74, 6) is 7.46. The number of nitrogens with zero attached hydrogens (tertiary/aromatic N) is 1. The van der Waals surface area contributed by atoms with E-state index in [0.717, 1.165) is 24.6 Å². The summed E-state index contributed by atoms with van der Waals surface area (Å²) < 4.78 is 0. The van der Waals surface area contributed by atoms with Gasteiger partial charge in [0.15, 0.2) is 0 Å². The molecule has 1 saturated heterocycles. The first-order chi connectivity index (χ1) is 8.83. The average molecular weight is 261 g/mol. The highest BCUT2D eigenvalue weighted by atomic mass is 32.2.